The molecule has 0 aromatic rings. The maximum absolute atomic E-state index is 11.6. The lowest BCUT2D eigenvalue weighted by Gasteiger charge is -2.29. The van der Waals surface area contributed by atoms with Crippen LogP contribution in [0.3, 0.4) is 0 Å². The number of alkyl halides is 18. The standard InChI is InChI=1S/2C6H11F3.C6H14.C5H6F6.2C5H9F3.2C5H12/c1-5(2)3-4-6(7,8)9;1-2-3-4-5-6(7,8)9;1-4-5-6(2)3;1-3(2,4(6,7)8)5(9,10)11;1-4(2,3)5(6,7)8;1-3-4(2)5(6,7)8;1-4-5(2)3;1-3-5-4-2/h5H,3-4H2,1-2H3;2-5H2,1H3;6H,4-5H2,1-3H3;1-2H3;1-3H3;4H,3H2,1-2H3;5H,4H2,1-3H3;3-5H2,1-2H3. The molecule has 1 unspecified atom stereocenters. The fourth-order valence-corrected chi connectivity index (χ4v) is 2.35. The maximum atomic E-state index is 11.6. The Morgan fingerprint density at radius 2 is 0.639 bits per heavy atom. The Balaban J connectivity index is -0.0000000888. The third kappa shape index (κ3) is 68.0. The first kappa shape index (κ1) is 77.0. The quantitative estimate of drug-likeness (QED) is 0.143. The van der Waals surface area contributed by atoms with E-state index in [0.29, 0.717) is 6.42 Å². The van der Waals surface area contributed by atoms with Crippen LogP contribution in [0.2, 0.25) is 0 Å². The SMILES string of the molecule is CC(C)(C(F)(F)F)C(F)(F)F.CC(C)(C)C(F)(F)F.CC(C)CCC(F)(F)F.CCC(C)C.CCC(C)C(F)(F)F.CCCC(C)C.CCCCC.CCCCCC(F)(F)F. The van der Waals surface area contributed by atoms with E-state index >= 15 is 0 Å². The van der Waals surface area contributed by atoms with Gasteiger partial charge in [-0.2, -0.15) is 79.0 Å². The van der Waals surface area contributed by atoms with E-state index in [-0.39, 0.29) is 39.0 Å². The van der Waals surface area contributed by atoms with E-state index in [2.05, 4.69) is 55.4 Å². The van der Waals surface area contributed by atoms with Crippen molar-refractivity contribution < 1.29 is 79.0 Å². The molecule has 0 aliphatic carbocycles. The number of halogens is 18. The second-order valence-electron chi connectivity index (χ2n) is 17.2. The normalized spacial score (nSPS) is 12.8. The molecule has 0 heterocycles. The Kier molecular flexibility index (Phi) is 48.0. The Labute approximate surface area is 358 Å². The molecule has 0 aliphatic heterocycles. The van der Waals surface area contributed by atoms with E-state index in [1.54, 1.807) is 13.8 Å². The third-order valence-electron chi connectivity index (χ3n) is 7.90. The monoisotopic (exact) mass is 943 g/mol. The smallest absolute Gasteiger partial charge is 0.171 e. The fraction of sp³-hybridized carbons (Fsp3) is 1.00. The molecule has 0 N–H and O–H groups in total. The molecule has 18 heteroatoms. The molecule has 0 rings (SSSR count). The number of hydrogen-bond acceptors (Lipinski definition) is 0. The molecule has 382 valence electrons. The molecule has 0 aliphatic rings. The summed E-state index contributed by atoms with van der Waals surface area (Å²) in [6, 6.07) is 0. The minimum absolute atomic E-state index is 0.104. The molecule has 0 aromatic carbocycles. The van der Waals surface area contributed by atoms with E-state index < -0.39 is 66.6 Å². The van der Waals surface area contributed by atoms with Crippen LogP contribution in [0.1, 0.15) is 208 Å². The summed E-state index contributed by atoms with van der Waals surface area (Å²) >= 11 is 0. The van der Waals surface area contributed by atoms with Gasteiger partial charge in [-0.05, 0) is 50.9 Å². The molecule has 0 nitrogen and oxygen atoms in total. The molecule has 0 saturated carbocycles. The van der Waals surface area contributed by atoms with Crippen LogP contribution in [0.5, 0.6) is 0 Å². The second kappa shape index (κ2) is 38.1. The third-order valence-corrected chi connectivity index (χ3v) is 7.90. The van der Waals surface area contributed by atoms with Gasteiger partial charge in [0.05, 0.1) is 11.3 Å². The van der Waals surface area contributed by atoms with Crippen molar-refractivity contribution >= 4 is 0 Å². The molecule has 0 fully saturated rings. The zero-order chi connectivity index (χ0) is 51.5. The van der Waals surface area contributed by atoms with Gasteiger partial charge in [0.25, 0.3) is 0 Å². The lowest BCUT2D eigenvalue weighted by Crippen LogP contribution is -2.44. The van der Waals surface area contributed by atoms with Crippen molar-refractivity contribution in [1.29, 1.82) is 0 Å². The highest BCUT2D eigenvalue weighted by Crippen LogP contribution is 2.49. The maximum Gasteiger partial charge on any atom is 0.402 e. The zero-order valence-electron chi connectivity index (χ0n) is 40.3. The zero-order valence-corrected chi connectivity index (χ0v) is 40.3. The largest absolute Gasteiger partial charge is 0.402 e. The van der Waals surface area contributed by atoms with Crippen LogP contribution in [-0.2, 0) is 0 Å². The van der Waals surface area contributed by atoms with E-state index in [9.17, 15) is 79.0 Å². The molecule has 0 bridgehead atoms. The van der Waals surface area contributed by atoms with Gasteiger partial charge in [-0.15, -0.1) is 0 Å². The van der Waals surface area contributed by atoms with Crippen LogP contribution < -0.4 is 0 Å². The molecular formula is C43H84F18. The minimum atomic E-state index is -5.24. The molecule has 0 aromatic heterocycles. The predicted molar refractivity (Wildman–Crippen MR) is 217 cm³/mol. The van der Waals surface area contributed by atoms with Crippen molar-refractivity contribution in [3.8, 4) is 0 Å². The fourth-order valence-electron chi connectivity index (χ4n) is 2.35. The van der Waals surface area contributed by atoms with E-state index in [1.165, 1.54) is 52.4 Å². The summed E-state index contributed by atoms with van der Waals surface area (Å²) in [6.07, 6.45) is -17.4. The molecule has 1 atom stereocenters. The molecule has 0 radical (unpaired) electrons. The lowest BCUT2D eigenvalue weighted by atomic mass is 9.92. The van der Waals surface area contributed by atoms with Crippen LogP contribution >= 0.6 is 0 Å². The molecule has 0 saturated heterocycles. The summed E-state index contributed by atoms with van der Waals surface area (Å²) in [5.41, 5.74) is -5.19. The molecule has 0 spiro atoms. The second-order valence-corrected chi connectivity index (χ2v) is 17.2. The van der Waals surface area contributed by atoms with E-state index in [0.717, 1.165) is 39.0 Å². The van der Waals surface area contributed by atoms with Gasteiger partial charge in [-0.25, -0.2) is 0 Å². The van der Waals surface area contributed by atoms with E-state index in [4.69, 9.17) is 0 Å². The first-order valence-corrected chi connectivity index (χ1v) is 21.1. The van der Waals surface area contributed by atoms with Gasteiger partial charge < -0.3 is 0 Å². The van der Waals surface area contributed by atoms with Crippen LogP contribution in [0.4, 0.5) is 79.0 Å². The number of unbranched alkanes of at least 4 members (excludes halogenated alkanes) is 4. The van der Waals surface area contributed by atoms with Crippen molar-refractivity contribution in [3.05, 3.63) is 0 Å². The van der Waals surface area contributed by atoms with Crippen LogP contribution in [-0.4, -0.2) is 37.1 Å². The van der Waals surface area contributed by atoms with Gasteiger partial charge in [0.2, 0.25) is 0 Å². The van der Waals surface area contributed by atoms with Crippen molar-refractivity contribution in [1.82, 2.24) is 0 Å². The molecule has 61 heavy (non-hydrogen) atoms. The van der Waals surface area contributed by atoms with Gasteiger partial charge in [-0.3, -0.25) is 0 Å². The van der Waals surface area contributed by atoms with Crippen LogP contribution in [0.25, 0.3) is 0 Å². The lowest BCUT2D eigenvalue weighted by molar-refractivity contribution is -0.327. The average Bonchev–Trinajstić information content (AvgIpc) is 3.02. The highest BCUT2D eigenvalue weighted by Gasteiger charge is 2.64. The summed E-state index contributed by atoms with van der Waals surface area (Å²) in [6.45, 7) is 29.6. The Morgan fingerprint density at radius 3 is 0.705 bits per heavy atom. The number of rotatable bonds is 11. The molecular weight excluding hydrogens is 858 g/mol. The van der Waals surface area contributed by atoms with Gasteiger partial charge in [0.15, 0.2) is 5.41 Å². The summed E-state index contributed by atoms with van der Waals surface area (Å²) in [5, 5.41) is 0. The first-order valence-electron chi connectivity index (χ1n) is 21.1. The summed E-state index contributed by atoms with van der Waals surface area (Å²) in [7, 11) is 0. The van der Waals surface area contributed by atoms with Gasteiger partial charge >= 0.3 is 37.1 Å². The van der Waals surface area contributed by atoms with Gasteiger partial charge in [-0.1, -0.05) is 162 Å². The Morgan fingerprint density at radius 1 is 0.344 bits per heavy atom. The molecule has 0 amide bonds. The summed E-state index contributed by atoms with van der Waals surface area (Å²) in [5.74, 6) is 0.777. The number of hydrogen-bond donors (Lipinski definition) is 0. The Hall–Kier alpha value is -1.26. The Bertz CT molecular complexity index is 851. The van der Waals surface area contributed by atoms with Gasteiger partial charge in [0.1, 0.15) is 0 Å². The highest BCUT2D eigenvalue weighted by atomic mass is 19.4. The highest BCUT2D eigenvalue weighted by molar-refractivity contribution is 4.84. The van der Waals surface area contributed by atoms with Gasteiger partial charge in [0, 0.05) is 12.8 Å². The van der Waals surface area contributed by atoms with Crippen LogP contribution in [0, 0.1) is 34.5 Å². The van der Waals surface area contributed by atoms with Crippen LogP contribution in [0.15, 0.2) is 0 Å². The summed E-state index contributed by atoms with van der Waals surface area (Å²) in [4.78, 5) is 0. The average molecular weight is 943 g/mol. The minimum Gasteiger partial charge on any atom is -0.171 e. The van der Waals surface area contributed by atoms with E-state index in [1.807, 2.05) is 6.92 Å². The van der Waals surface area contributed by atoms with Crippen molar-refractivity contribution in [2.45, 2.75) is 245 Å². The predicted octanol–water partition coefficient (Wildman–Crippen LogP) is 21.1. The van der Waals surface area contributed by atoms with Crippen molar-refractivity contribution in [3.63, 3.8) is 0 Å². The van der Waals surface area contributed by atoms with Crippen molar-refractivity contribution in [2.75, 3.05) is 0 Å². The topological polar surface area (TPSA) is 0 Å². The van der Waals surface area contributed by atoms with Crippen molar-refractivity contribution in [2.24, 2.45) is 34.5 Å². The first-order chi connectivity index (χ1) is 26.7. The summed E-state index contributed by atoms with van der Waals surface area (Å²) < 4.78 is 207.